The number of carbonyl (C=O) groups is 1. The van der Waals surface area contributed by atoms with E-state index in [1.807, 2.05) is 42.1 Å². The normalized spacial score (nSPS) is 10.4. The number of carbonyl (C=O) groups excluding carboxylic acids is 1. The Morgan fingerprint density at radius 1 is 1.19 bits per heavy atom. The zero-order valence-corrected chi connectivity index (χ0v) is 14.6. The van der Waals surface area contributed by atoms with Gasteiger partial charge in [-0.15, -0.1) is 0 Å². The van der Waals surface area contributed by atoms with Crippen molar-refractivity contribution in [3.05, 3.63) is 60.3 Å². The summed E-state index contributed by atoms with van der Waals surface area (Å²) in [7, 11) is 1.53. The largest absolute Gasteiger partial charge is 0.481 e. The fourth-order valence-corrected chi connectivity index (χ4v) is 2.37. The smallest absolute Gasteiger partial charge is 0.252 e. The van der Waals surface area contributed by atoms with E-state index in [1.54, 1.807) is 12.1 Å². The van der Waals surface area contributed by atoms with E-state index in [2.05, 4.69) is 25.6 Å². The fourth-order valence-electron chi connectivity index (χ4n) is 2.37. The first-order valence-electron chi connectivity index (χ1n) is 8.17. The Morgan fingerprint density at radius 3 is 2.69 bits per heavy atom. The van der Waals surface area contributed by atoms with Crippen molar-refractivity contribution in [2.75, 3.05) is 25.5 Å². The van der Waals surface area contributed by atoms with E-state index < -0.39 is 0 Å². The summed E-state index contributed by atoms with van der Waals surface area (Å²) >= 11 is 0. The van der Waals surface area contributed by atoms with Gasteiger partial charge in [-0.25, -0.2) is 15.0 Å². The maximum absolute atomic E-state index is 12.1. The number of anilines is 1. The zero-order valence-electron chi connectivity index (χ0n) is 14.6. The number of ether oxygens (including phenoxy) is 1. The summed E-state index contributed by atoms with van der Waals surface area (Å²) in [5, 5.41) is 6.03. The van der Waals surface area contributed by atoms with Gasteiger partial charge in [0.15, 0.2) is 0 Å². The van der Waals surface area contributed by atoms with Gasteiger partial charge in [-0.3, -0.25) is 4.79 Å². The van der Waals surface area contributed by atoms with Crippen molar-refractivity contribution >= 4 is 11.7 Å². The van der Waals surface area contributed by atoms with Gasteiger partial charge in [0.1, 0.15) is 17.5 Å². The molecule has 3 aromatic heterocycles. The summed E-state index contributed by atoms with van der Waals surface area (Å²) in [5.74, 6) is 2.46. The lowest BCUT2D eigenvalue weighted by molar-refractivity contribution is 0.0954. The third kappa shape index (κ3) is 4.35. The summed E-state index contributed by atoms with van der Waals surface area (Å²) in [6, 6.07) is 9.07. The Bertz CT molecular complexity index is 862. The lowest BCUT2D eigenvalue weighted by Crippen LogP contribution is -2.29. The first-order chi connectivity index (χ1) is 12.7. The van der Waals surface area contributed by atoms with Crippen LogP contribution >= 0.6 is 0 Å². The molecule has 0 radical (unpaired) electrons. The Hall–Kier alpha value is -3.42. The molecule has 3 rings (SSSR count). The van der Waals surface area contributed by atoms with Crippen LogP contribution < -0.4 is 15.4 Å². The average Bonchev–Trinajstić information content (AvgIpc) is 3.19. The highest BCUT2D eigenvalue weighted by atomic mass is 16.5. The molecule has 134 valence electrons. The van der Waals surface area contributed by atoms with E-state index in [0.29, 0.717) is 36.2 Å². The second kappa shape index (κ2) is 8.11. The maximum atomic E-state index is 12.1. The Balaban J connectivity index is 1.52. The second-order valence-electron chi connectivity index (χ2n) is 5.52. The number of aromatic nitrogens is 4. The minimum Gasteiger partial charge on any atom is -0.481 e. The molecule has 26 heavy (non-hydrogen) atoms. The summed E-state index contributed by atoms with van der Waals surface area (Å²) < 4.78 is 6.89. The van der Waals surface area contributed by atoms with E-state index in [1.165, 1.54) is 13.3 Å². The molecule has 8 nitrogen and oxygen atoms in total. The van der Waals surface area contributed by atoms with Gasteiger partial charge in [-0.05, 0) is 25.1 Å². The number of hydrogen-bond donors (Lipinski definition) is 2. The SMILES string of the molecule is COc1ccc(C(=O)NCCNc2cc(-n3cccc3)nc(C)n2)cn1. The molecule has 0 unspecified atom stereocenters. The van der Waals surface area contributed by atoms with Crippen molar-refractivity contribution in [3.63, 3.8) is 0 Å². The fraction of sp³-hybridized carbons (Fsp3) is 0.222. The van der Waals surface area contributed by atoms with Crippen molar-refractivity contribution in [1.82, 2.24) is 24.8 Å². The third-order valence-electron chi connectivity index (χ3n) is 3.62. The van der Waals surface area contributed by atoms with Gasteiger partial charge in [0, 0.05) is 43.8 Å². The van der Waals surface area contributed by atoms with Crippen LogP contribution in [0, 0.1) is 6.92 Å². The summed E-state index contributed by atoms with van der Waals surface area (Å²) in [6.45, 7) is 2.83. The number of rotatable bonds is 7. The number of amides is 1. The van der Waals surface area contributed by atoms with Gasteiger partial charge >= 0.3 is 0 Å². The van der Waals surface area contributed by atoms with Crippen LogP contribution in [-0.2, 0) is 0 Å². The molecule has 0 fully saturated rings. The van der Waals surface area contributed by atoms with Crippen molar-refractivity contribution in [3.8, 4) is 11.7 Å². The summed E-state index contributed by atoms with van der Waals surface area (Å²) in [6.07, 6.45) is 5.34. The molecule has 0 aliphatic heterocycles. The highest BCUT2D eigenvalue weighted by Crippen LogP contribution is 2.11. The molecular formula is C18H20N6O2. The van der Waals surface area contributed by atoms with Crippen LogP contribution in [0.25, 0.3) is 5.82 Å². The minimum absolute atomic E-state index is 0.186. The molecule has 0 saturated heterocycles. The number of aryl methyl sites for hydroxylation is 1. The second-order valence-corrected chi connectivity index (χ2v) is 5.52. The van der Waals surface area contributed by atoms with Gasteiger partial charge in [0.05, 0.1) is 12.7 Å². The average molecular weight is 352 g/mol. The van der Waals surface area contributed by atoms with Crippen molar-refractivity contribution < 1.29 is 9.53 Å². The van der Waals surface area contributed by atoms with Gasteiger partial charge in [-0.1, -0.05) is 0 Å². The van der Waals surface area contributed by atoms with Crippen molar-refractivity contribution in [2.24, 2.45) is 0 Å². The van der Waals surface area contributed by atoms with Crippen LogP contribution in [0.1, 0.15) is 16.2 Å². The quantitative estimate of drug-likeness (QED) is 0.630. The van der Waals surface area contributed by atoms with Gasteiger partial charge in [0.2, 0.25) is 5.88 Å². The Labute approximate surface area is 151 Å². The first-order valence-corrected chi connectivity index (χ1v) is 8.17. The monoisotopic (exact) mass is 352 g/mol. The minimum atomic E-state index is -0.186. The predicted molar refractivity (Wildman–Crippen MR) is 97.7 cm³/mol. The molecule has 2 N–H and O–H groups in total. The Kier molecular flexibility index (Phi) is 5.43. The molecule has 0 saturated carbocycles. The molecular weight excluding hydrogens is 332 g/mol. The van der Waals surface area contributed by atoms with Gasteiger partial charge < -0.3 is 19.9 Å². The van der Waals surface area contributed by atoms with Crippen LogP contribution in [0.15, 0.2) is 48.9 Å². The van der Waals surface area contributed by atoms with Crippen molar-refractivity contribution in [2.45, 2.75) is 6.92 Å². The van der Waals surface area contributed by atoms with Gasteiger partial charge in [-0.2, -0.15) is 0 Å². The van der Waals surface area contributed by atoms with E-state index >= 15 is 0 Å². The molecule has 1 amide bonds. The molecule has 3 aromatic rings. The third-order valence-corrected chi connectivity index (χ3v) is 3.62. The molecule has 0 spiro atoms. The molecule has 8 heteroatoms. The molecule has 0 aliphatic carbocycles. The zero-order chi connectivity index (χ0) is 18.4. The lowest BCUT2D eigenvalue weighted by Gasteiger charge is -2.10. The van der Waals surface area contributed by atoms with Crippen molar-refractivity contribution in [1.29, 1.82) is 0 Å². The van der Waals surface area contributed by atoms with Crippen LogP contribution in [0.2, 0.25) is 0 Å². The van der Waals surface area contributed by atoms with Crippen LogP contribution in [0.4, 0.5) is 5.82 Å². The number of nitrogens with one attached hydrogen (secondary N) is 2. The number of hydrogen-bond acceptors (Lipinski definition) is 6. The number of pyridine rings is 1. The van der Waals surface area contributed by atoms with Crippen LogP contribution in [-0.4, -0.2) is 45.6 Å². The number of nitrogens with zero attached hydrogens (tertiary/aromatic N) is 4. The maximum Gasteiger partial charge on any atom is 0.252 e. The van der Waals surface area contributed by atoms with E-state index in [-0.39, 0.29) is 5.91 Å². The predicted octanol–water partition coefficient (Wildman–Crippen LogP) is 1.82. The summed E-state index contributed by atoms with van der Waals surface area (Å²) in [4.78, 5) is 24.9. The highest BCUT2D eigenvalue weighted by molar-refractivity contribution is 5.93. The number of methoxy groups -OCH3 is 1. The molecule has 0 aromatic carbocycles. The first kappa shape index (κ1) is 17.4. The molecule has 0 bridgehead atoms. The highest BCUT2D eigenvalue weighted by Gasteiger charge is 2.06. The molecule has 0 aliphatic rings. The van der Waals surface area contributed by atoms with E-state index in [0.717, 1.165) is 5.82 Å². The Morgan fingerprint density at radius 2 is 2.00 bits per heavy atom. The molecule has 0 atom stereocenters. The van der Waals surface area contributed by atoms with Crippen LogP contribution in [0.3, 0.4) is 0 Å². The summed E-state index contributed by atoms with van der Waals surface area (Å²) in [5.41, 5.74) is 0.485. The molecule has 3 heterocycles. The lowest BCUT2D eigenvalue weighted by atomic mass is 10.2. The van der Waals surface area contributed by atoms with E-state index in [9.17, 15) is 4.79 Å². The standard InChI is InChI=1S/C18H20N6O2/c1-13-22-15(11-16(23-13)24-9-3-4-10-24)19-7-8-20-18(25)14-5-6-17(26-2)21-12-14/h3-6,9-12H,7-8H2,1-2H3,(H,20,25)(H,19,22,23). The van der Waals surface area contributed by atoms with E-state index in [4.69, 9.17) is 4.74 Å². The topological polar surface area (TPSA) is 94.0 Å². The van der Waals surface area contributed by atoms with Gasteiger partial charge in [0.25, 0.3) is 5.91 Å². The van der Waals surface area contributed by atoms with Crippen LogP contribution in [0.5, 0.6) is 5.88 Å².